The van der Waals surface area contributed by atoms with E-state index >= 15 is 0 Å². The zero-order valence-electron chi connectivity index (χ0n) is 11.0. The Balaban J connectivity index is 1.84. The number of anilines is 1. The number of nitrogen functional groups attached to an aromatic ring is 1. The van der Waals surface area contributed by atoms with Crippen LogP contribution in [0.2, 0.25) is 5.02 Å². The van der Waals surface area contributed by atoms with Gasteiger partial charge < -0.3 is 15.2 Å². The van der Waals surface area contributed by atoms with Gasteiger partial charge in [0.05, 0.1) is 4.47 Å². The van der Waals surface area contributed by atoms with Crippen LogP contribution < -0.4 is 15.2 Å². The van der Waals surface area contributed by atoms with Crippen molar-refractivity contribution in [2.45, 2.75) is 6.92 Å². The first-order chi connectivity index (χ1) is 9.56. The molecule has 3 nitrogen and oxygen atoms in total. The molecule has 0 bridgehead atoms. The number of ether oxygens (including phenoxy) is 2. The highest BCUT2D eigenvalue weighted by molar-refractivity contribution is 9.10. The van der Waals surface area contributed by atoms with Gasteiger partial charge in [-0.1, -0.05) is 11.6 Å². The number of hydrogen-bond acceptors (Lipinski definition) is 3. The molecule has 2 rings (SSSR count). The van der Waals surface area contributed by atoms with E-state index in [-0.39, 0.29) is 0 Å². The van der Waals surface area contributed by atoms with E-state index in [2.05, 4.69) is 15.9 Å². The zero-order valence-corrected chi connectivity index (χ0v) is 13.4. The molecule has 2 aromatic carbocycles. The van der Waals surface area contributed by atoms with Gasteiger partial charge in [-0.3, -0.25) is 0 Å². The summed E-state index contributed by atoms with van der Waals surface area (Å²) in [6, 6.07) is 11.0. The van der Waals surface area contributed by atoms with E-state index in [9.17, 15) is 0 Å². The van der Waals surface area contributed by atoms with Gasteiger partial charge in [0.2, 0.25) is 0 Å². The molecule has 0 saturated heterocycles. The third-order valence-corrected chi connectivity index (χ3v) is 3.55. The number of hydrogen-bond donors (Lipinski definition) is 1. The Hall–Kier alpha value is -1.39. The number of benzene rings is 2. The smallest absolute Gasteiger partial charge is 0.133 e. The second-order valence-corrected chi connectivity index (χ2v) is 5.59. The topological polar surface area (TPSA) is 44.5 Å². The number of halogens is 2. The molecule has 0 fully saturated rings. The highest BCUT2D eigenvalue weighted by Gasteiger charge is 2.03. The molecule has 0 aliphatic heterocycles. The van der Waals surface area contributed by atoms with Gasteiger partial charge in [0.25, 0.3) is 0 Å². The van der Waals surface area contributed by atoms with Gasteiger partial charge in [-0.05, 0) is 64.8 Å². The Morgan fingerprint density at radius 2 is 1.70 bits per heavy atom. The maximum atomic E-state index is 5.87. The largest absolute Gasteiger partial charge is 0.490 e. The van der Waals surface area contributed by atoms with Crippen LogP contribution in [-0.4, -0.2) is 13.2 Å². The van der Waals surface area contributed by atoms with Crippen LogP contribution in [0.5, 0.6) is 11.5 Å². The van der Waals surface area contributed by atoms with Gasteiger partial charge in [0.1, 0.15) is 24.7 Å². The van der Waals surface area contributed by atoms with Gasteiger partial charge in [-0.2, -0.15) is 0 Å². The third-order valence-electron chi connectivity index (χ3n) is 2.69. The molecule has 20 heavy (non-hydrogen) atoms. The summed E-state index contributed by atoms with van der Waals surface area (Å²) < 4.78 is 12.1. The standard InChI is InChI=1S/C15H15BrClNO2/c1-10-8-12(18)3-5-14(10)19-6-7-20-15-4-2-11(17)9-13(15)16/h2-5,8-9H,6-7,18H2,1H3. The molecule has 0 atom stereocenters. The van der Waals surface area contributed by atoms with Crippen molar-refractivity contribution in [1.82, 2.24) is 0 Å². The normalized spacial score (nSPS) is 10.3. The van der Waals surface area contributed by atoms with Gasteiger partial charge >= 0.3 is 0 Å². The lowest BCUT2D eigenvalue weighted by molar-refractivity contribution is 0.215. The molecule has 0 aromatic heterocycles. The molecule has 0 spiro atoms. The minimum absolute atomic E-state index is 0.448. The Morgan fingerprint density at radius 3 is 2.35 bits per heavy atom. The molecule has 0 saturated carbocycles. The molecule has 5 heteroatoms. The van der Waals surface area contributed by atoms with Crippen LogP contribution in [0.25, 0.3) is 0 Å². The second kappa shape index (κ2) is 6.86. The lowest BCUT2D eigenvalue weighted by atomic mass is 10.2. The molecule has 2 aromatic rings. The molecule has 0 aliphatic rings. The maximum absolute atomic E-state index is 5.87. The van der Waals surface area contributed by atoms with Gasteiger partial charge in [-0.25, -0.2) is 0 Å². The first-order valence-electron chi connectivity index (χ1n) is 6.13. The summed E-state index contributed by atoms with van der Waals surface area (Å²) in [6.45, 7) is 2.87. The highest BCUT2D eigenvalue weighted by atomic mass is 79.9. The van der Waals surface area contributed by atoms with E-state index in [1.54, 1.807) is 12.1 Å². The fraction of sp³-hybridized carbons (Fsp3) is 0.200. The third kappa shape index (κ3) is 4.05. The summed E-state index contributed by atoms with van der Waals surface area (Å²) in [5.74, 6) is 1.56. The van der Waals surface area contributed by atoms with Gasteiger partial charge in [0, 0.05) is 10.7 Å². The Bertz CT molecular complexity index is 551. The van der Waals surface area contributed by atoms with Crippen molar-refractivity contribution in [3.05, 3.63) is 51.5 Å². The van der Waals surface area contributed by atoms with Gasteiger partial charge in [-0.15, -0.1) is 0 Å². The number of nitrogens with two attached hydrogens (primary N) is 1. The monoisotopic (exact) mass is 355 g/mol. The van der Waals surface area contributed by atoms with Crippen LogP contribution in [0.4, 0.5) is 5.69 Å². The Labute approximate surface area is 131 Å². The molecular weight excluding hydrogens is 342 g/mol. The summed E-state index contributed by atoms with van der Waals surface area (Å²) in [7, 11) is 0. The van der Waals surface area contributed by atoms with E-state index < -0.39 is 0 Å². The maximum Gasteiger partial charge on any atom is 0.133 e. The lowest BCUT2D eigenvalue weighted by Gasteiger charge is -2.11. The summed E-state index contributed by atoms with van der Waals surface area (Å²) in [6.07, 6.45) is 0. The average molecular weight is 357 g/mol. The summed E-state index contributed by atoms with van der Waals surface area (Å²) in [4.78, 5) is 0. The number of rotatable bonds is 5. The predicted molar refractivity (Wildman–Crippen MR) is 85.7 cm³/mol. The molecule has 2 N–H and O–H groups in total. The highest BCUT2D eigenvalue weighted by Crippen LogP contribution is 2.28. The van der Waals surface area contributed by atoms with E-state index in [4.69, 9.17) is 26.8 Å². The molecular formula is C15H15BrClNO2. The van der Waals surface area contributed by atoms with Crippen LogP contribution in [-0.2, 0) is 0 Å². The van der Waals surface area contributed by atoms with Crippen molar-refractivity contribution < 1.29 is 9.47 Å². The van der Waals surface area contributed by atoms with E-state index in [0.717, 1.165) is 27.2 Å². The van der Waals surface area contributed by atoms with Crippen molar-refractivity contribution in [3.8, 4) is 11.5 Å². The minimum Gasteiger partial charge on any atom is -0.490 e. The molecule has 0 heterocycles. The first-order valence-corrected chi connectivity index (χ1v) is 7.30. The van der Waals surface area contributed by atoms with Gasteiger partial charge in [0.15, 0.2) is 0 Å². The SMILES string of the molecule is Cc1cc(N)ccc1OCCOc1ccc(Cl)cc1Br. The fourth-order valence-corrected chi connectivity index (χ4v) is 2.53. The predicted octanol–water partition coefficient (Wildman–Crippen LogP) is 4.45. The van der Waals surface area contributed by atoms with Crippen molar-refractivity contribution in [2.24, 2.45) is 0 Å². The minimum atomic E-state index is 0.448. The number of aryl methyl sites for hydroxylation is 1. The van der Waals surface area contributed by atoms with E-state index in [1.807, 2.05) is 31.2 Å². The molecule has 0 amide bonds. The van der Waals surface area contributed by atoms with E-state index in [1.165, 1.54) is 0 Å². The molecule has 0 radical (unpaired) electrons. The van der Waals surface area contributed by atoms with Crippen LogP contribution in [0.3, 0.4) is 0 Å². The summed E-state index contributed by atoms with van der Waals surface area (Å²) in [5, 5.41) is 0.665. The first kappa shape index (κ1) is 15.0. The summed E-state index contributed by atoms with van der Waals surface area (Å²) >= 11 is 9.27. The lowest BCUT2D eigenvalue weighted by Crippen LogP contribution is -2.09. The zero-order chi connectivity index (χ0) is 14.5. The quantitative estimate of drug-likeness (QED) is 0.636. The van der Waals surface area contributed by atoms with Crippen molar-refractivity contribution in [2.75, 3.05) is 18.9 Å². The van der Waals surface area contributed by atoms with Crippen LogP contribution >= 0.6 is 27.5 Å². The Morgan fingerprint density at radius 1 is 1.05 bits per heavy atom. The fourth-order valence-electron chi connectivity index (χ4n) is 1.73. The van der Waals surface area contributed by atoms with Crippen molar-refractivity contribution >= 4 is 33.2 Å². The van der Waals surface area contributed by atoms with Crippen LogP contribution in [0.15, 0.2) is 40.9 Å². The molecule has 0 aliphatic carbocycles. The van der Waals surface area contributed by atoms with Crippen LogP contribution in [0.1, 0.15) is 5.56 Å². The van der Waals surface area contributed by atoms with Crippen LogP contribution in [0, 0.1) is 6.92 Å². The average Bonchev–Trinajstić information content (AvgIpc) is 2.39. The summed E-state index contributed by atoms with van der Waals surface area (Å²) in [5.41, 5.74) is 7.44. The molecule has 0 unspecified atom stereocenters. The van der Waals surface area contributed by atoms with Crippen molar-refractivity contribution in [3.63, 3.8) is 0 Å². The van der Waals surface area contributed by atoms with Crippen molar-refractivity contribution in [1.29, 1.82) is 0 Å². The van der Waals surface area contributed by atoms with E-state index in [0.29, 0.717) is 18.2 Å². The Kier molecular flexibility index (Phi) is 5.15. The molecule has 106 valence electrons. The second-order valence-electron chi connectivity index (χ2n) is 4.30.